The number of unbranched alkanes of at least 4 members (excludes halogenated alkanes) is 1. The van der Waals surface area contributed by atoms with Crippen LogP contribution in [0, 0.1) is 0 Å². The van der Waals surface area contributed by atoms with Crippen LogP contribution < -0.4 is 9.47 Å². The zero-order chi connectivity index (χ0) is 27.7. The Kier molecular flexibility index (Phi) is 11.4. The van der Waals surface area contributed by atoms with Gasteiger partial charge < -0.3 is 19.0 Å². The van der Waals surface area contributed by atoms with E-state index in [1.54, 1.807) is 18.3 Å². The van der Waals surface area contributed by atoms with Crippen molar-refractivity contribution in [2.75, 3.05) is 0 Å². The molecule has 0 radical (unpaired) electrons. The number of hydrogen-bond donors (Lipinski definition) is 1. The quantitative estimate of drug-likeness (QED) is 0.179. The van der Waals surface area contributed by atoms with E-state index in [4.69, 9.17) is 14.3 Å². The predicted octanol–water partition coefficient (Wildman–Crippen LogP) is 4.92. The molecule has 40 heavy (non-hydrogen) atoms. The van der Waals surface area contributed by atoms with Crippen molar-refractivity contribution in [1.29, 1.82) is 0 Å². The van der Waals surface area contributed by atoms with Crippen molar-refractivity contribution >= 4 is 47.7 Å². The summed E-state index contributed by atoms with van der Waals surface area (Å²) in [6.07, 6.45) is 5.01. The van der Waals surface area contributed by atoms with Crippen LogP contribution in [0.1, 0.15) is 41.2 Å². The van der Waals surface area contributed by atoms with Gasteiger partial charge in [0.1, 0.15) is 36.6 Å². The Bertz CT molecular complexity index is 1390. The van der Waals surface area contributed by atoms with E-state index in [1.165, 1.54) is 35.2 Å². The Morgan fingerprint density at radius 2 is 1.70 bits per heavy atom. The number of aryl methyl sites for hydroxylation is 2. The SMILES string of the molecule is O=C(O)Cn1nncc1CCCCc1ccc(OCc2coc(/C=C/c3ccc(OC(F)(F)F)cc3)n2)cc1.[NaH]. The van der Waals surface area contributed by atoms with Gasteiger partial charge in [0.25, 0.3) is 0 Å². The summed E-state index contributed by atoms with van der Waals surface area (Å²) in [6, 6.07) is 13.2. The molecule has 0 saturated heterocycles. The van der Waals surface area contributed by atoms with Gasteiger partial charge in [-0.05, 0) is 67.2 Å². The van der Waals surface area contributed by atoms with Crippen molar-refractivity contribution in [3.63, 3.8) is 0 Å². The third-order valence-corrected chi connectivity index (χ3v) is 5.54. The molecule has 0 aliphatic carbocycles. The van der Waals surface area contributed by atoms with Crippen LogP contribution in [0.3, 0.4) is 0 Å². The summed E-state index contributed by atoms with van der Waals surface area (Å²) in [6.45, 7) is 0.0168. The summed E-state index contributed by atoms with van der Waals surface area (Å²) in [5.74, 6) is -0.222. The molecular weight excluding hydrogens is 540 g/mol. The minimum absolute atomic E-state index is 0. The van der Waals surface area contributed by atoms with Gasteiger partial charge in [-0.25, -0.2) is 9.67 Å². The Balaban J connectivity index is 0.00000441. The van der Waals surface area contributed by atoms with Crippen molar-refractivity contribution in [1.82, 2.24) is 20.0 Å². The Morgan fingerprint density at radius 3 is 2.40 bits per heavy atom. The molecular formula is C27H26F3N4NaO5. The van der Waals surface area contributed by atoms with E-state index in [2.05, 4.69) is 20.0 Å². The molecule has 0 fully saturated rings. The van der Waals surface area contributed by atoms with Gasteiger partial charge in [-0.15, -0.1) is 18.3 Å². The van der Waals surface area contributed by atoms with Gasteiger partial charge in [-0.1, -0.05) is 29.5 Å². The zero-order valence-corrected chi connectivity index (χ0v) is 20.7. The van der Waals surface area contributed by atoms with Crippen LogP contribution in [0.2, 0.25) is 0 Å². The number of carboxylic acid groups (broad SMARTS) is 1. The average molecular weight is 567 g/mol. The standard InChI is InChI=1S/C27H25F3N4O5.Na.H/c28-27(29,30)39-24-12-7-20(8-13-24)9-14-25-32-21(18-38-25)17-37-23-10-5-19(6-11-23)3-1-2-4-22-15-31-33-34(22)16-26(35)36;;/h5-15,18H,1-4,16-17H2,(H,35,36);;/b14-9+;;. The fraction of sp³-hybridized carbons (Fsp3) is 0.259. The summed E-state index contributed by atoms with van der Waals surface area (Å²) >= 11 is 0. The van der Waals surface area contributed by atoms with Crippen LogP contribution in [-0.2, 0) is 30.8 Å². The molecule has 0 unspecified atom stereocenters. The van der Waals surface area contributed by atoms with Crippen LogP contribution >= 0.6 is 0 Å². The number of aromatic nitrogens is 4. The van der Waals surface area contributed by atoms with Crippen molar-refractivity contribution in [3.8, 4) is 11.5 Å². The Hall–Kier alpha value is -3.61. The molecule has 2 heterocycles. The van der Waals surface area contributed by atoms with Gasteiger partial charge in [0.05, 0.1) is 11.9 Å². The van der Waals surface area contributed by atoms with Gasteiger partial charge in [0.15, 0.2) is 0 Å². The molecule has 0 bridgehead atoms. The van der Waals surface area contributed by atoms with E-state index in [1.807, 2.05) is 24.3 Å². The first-order valence-electron chi connectivity index (χ1n) is 12.0. The molecule has 13 heteroatoms. The van der Waals surface area contributed by atoms with Crippen molar-refractivity contribution in [2.45, 2.75) is 45.2 Å². The number of oxazole rings is 1. The minimum atomic E-state index is -4.73. The molecule has 0 spiro atoms. The number of carbonyl (C=O) groups is 1. The van der Waals surface area contributed by atoms with Crippen LogP contribution in [0.25, 0.3) is 12.2 Å². The first kappa shape index (κ1) is 30.9. The molecule has 1 N–H and O–H groups in total. The number of halogens is 3. The third kappa shape index (κ3) is 10.2. The van der Waals surface area contributed by atoms with E-state index in [-0.39, 0.29) is 48.5 Å². The monoisotopic (exact) mass is 566 g/mol. The first-order valence-corrected chi connectivity index (χ1v) is 12.0. The second-order valence-electron chi connectivity index (χ2n) is 8.54. The first-order chi connectivity index (χ1) is 18.7. The van der Waals surface area contributed by atoms with Gasteiger partial charge in [-0.3, -0.25) is 4.79 Å². The normalized spacial score (nSPS) is 11.4. The second kappa shape index (κ2) is 14.7. The molecule has 206 valence electrons. The van der Waals surface area contributed by atoms with E-state index in [0.717, 1.165) is 30.5 Å². The summed E-state index contributed by atoms with van der Waals surface area (Å²) in [5.41, 5.74) is 3.21. The number of carboxylic acids is 1. The molecule has 0 aliphatic rings. The zero-order valence-electron chi connectivity index (χ0n) is 20.7. The van der Waals surface area contributed by atoms with Crippen molar-refractivity contribution < 1.29 is 37.0 Å². The number of benzene rings is 2. The maximum absolute atomic E-state index is 12.3. The number of nitrogens with zero attached hydrogens (tertiary/aromatic N) is 4. The predicted molar refractivity (Wildman–Crippen MR) is 141 cm³/mol. The molecule has 2 aromatic carbocycles. The van der Waals surface area contributed by atoms with Gasteiger partial charge >= 0.3 is 41.9 Å². The topological polar surface area (TPSA) is 112 Å². The molecule has 9 nitrogen and oxygen atoms in total. The van der Waals surface area contributed by atoms with Gasteiger partial charge in [-0.2, -0.15) is 0 Å². The molecule has 4 rings (SSSR count). The Morgan fingerprint density at radius 1 is 1.00 bits per heavy atom. The molecule has 0 aliphatic heterocycles. The number of alkyl halides is 3. The van der Waals surface area contributed by atoms with E-state index in [9.17, 15) is 18.0 Å². The van der Waals surface area contributed by atoms with Gasteiger partial charge in [0.2, 0.25) is 5.89 Å². The second-order valence-corrected chi connectivity index (χ2v) is 8.54. The van der Waals surface area contributed by atoms with Crippen LogP contribution in [0.4, 0.5) is 13.2 Å². The van der Waals surface area contributed by atoms with Crippen LogP contribution in [0.15, 0.2) is 65.4 Å². The maximum atomic E-state index is 12.3. The van der Waals surface area contributed by atoms with Crippen LogP contribution in [-0.4, -0.2) is 67.0 Å². The van der Waals surface area contributed by atoms with Crippen molar-refractivity contribution in [2.24, 2.45) is 0 Å². The summed E-state index contributed by atoms with van der Waals surface area (Å²) in [4.78, 5) is 15.2. The molecule has 0 atom stereocenters. The number of aliphatic carboxylic acids is 1. The summed E-state index contributed by atoms with van der Waals surface area (Å²) in [5, 5.41) is 16.5. The number of hydrogen-bond acceptors (Lipinski definition) is 7. The fourth-order valence-electron chi connectivity index (χ4n) is 3.69. The number of ether oxygens (including phenoxy) is 2. The fourth-order valence-corrected chi connectivity index (χ4v) is 3.69. The summed E-state index contributed by atoms with van der Waals surface area (Å²) < 4.78 is 53.2. The van der Waals surface area contributed by atoms with Crippen molar-refractivity contribution in [3.05, 3.63) is 89.4 Å². The Labute approximate surface area is 249 Å². The molecule has 0 saturated carbocycles. The van der Waals surface area contributed by atoms with Crippen LogP contribution in [0.5, 0.6) is 11.5 Å². The molecule has 0 amide bonds. The van der Waals surface area contributed by atoms with E-state index in [0.29, 0.717) is 29.3 Å². The van der Waals surface area contributed by atoms with Gasteiger partial charge in [0, 0.05) is 6.08 Å². The molecule has 2 aromatic heterocycles. The molecule has 4 aromatic rings. The summed E-state index contributed by atoms with van der Waals surface area (Å²) in [7, 11) is 0. The van der Waals surface area contributed by atoms with E-state index < -0.39 is 12.3 Å². The third-order valence-electron chi connectivity index (χ3n) is 5.54. The average Bonchev–Trinajstić information content (AvgIpc) is 3.53. The number of rotatable bonds is 13. The van der Waals surface area contributed by atoms with E-state index >= 15 is 0 Å².